The minimum Gasteiger partial charge on any atom is -0.324 e. The van der Waals surface area contributed by atoms with Crippen molar-refractivity contribution in [1.29, 1.82) is 0 Å². The van der Waals surface area contributed by atoms with Crippen LogP contribution in [0.2, 0.25) is 0 Å². The molecular weight excluding hydrogens is 188 g/mol. The summed E-state index contributed by atoms with van der Waals surface area (Å²) in [4.78, 5) is 0. The second-order valence-corrected chi connectivity index (χ2v) is 2.33. The first kappa shape index (κ1) is 9.79. The molecule has 0 fully saturated rings. The molecule has 3 N–H and O–H groups in total. The quantitative estimate of drug-likeness (QED) is 0.408. The third kappa shape index (κ3) is 2.09. The fourth-order valence-electron chi connectivity index (χ4n) is 0.877. The molecule has 0 aliphatic rings. The van der Waals surface area contributed by atoms with Crippen molar-refractivity contribution in [3.8, 4) is 0 Å². The second-order valence-electron chi connectivity index (χ2n) is 2.33. The summed E-state index contributed by atoms with van der Waals surface area (Å²) in [7, 11) is 0. The number of nitrogens with two attached hydrogens (primary N) is 1. The van der Waals surface area contributed by atoms with Crippen LogP contribution >= 0.6 is 0 Å². The Morgan fingerprint density at radius 1 is 1.23 bits per heavy atom. The molecule has 0 heterocycles. The molecule has 0 aliphatic carbocycles. The highest BCUT2D eigenvalue weighted by molar-refractivity contribution is 5.51. The van der Waals surface area contributed by atoms with E-state index in [-0.39, 0.29) is 5.69 Å². The zero-order valence-electron chi connectivity index (χ0n) is 6.32. The lowest BCUT2D eigenvalue weighted by Gasteiger charge is -2.11. The number of halogens is 4. The van der Waals surface area contributed by atoms with Crippen LogP contribution in [0.5, 0.6) is 0 Å². The van der Waals surface area contributed by atoms with Crippen molar-refractivity contribution in [1.82, 2.24) is 0 Å². The minimum atomic E-state index is -4.61. The number of nitrogen functional groups attached to an aromatic ring is 1. The lowest BCUT2D eigenvalue weighted by atomic mass is 10.1. The number of rotatable bonds is 1. The van der Waals surface area contributed by atoms with Gasteiger partial charge < -0.3 is 5.43 Å². The van der Waals surface area contributed by atoms with E-state index in [9.17, 15) is 17.6 Å². The molecule has 0 atom stereocenters. The summed E-state index contributed by atoms with van der Waals surface area (Å²) >= 11 is 0. The number of hydrazine groups is 1. The first-order valence-corrected chi connectivity index (χ1v) is 3.28. The van der Waals surface area contributed by atoms with Gasteiger partial charge in [-0.3, -0.25) is 5.84 Å². The number of benzene rings is 1. The number of hydrogen-bond donors (Lipinski definition) is 2. The lowest BCUT2D eigenvalue weighted by molar-refractivity contribution is -0.137. The molecule has 0 spiro atoms. The number of anilines is 1. The van der Waals surface area contributed by atoms with Crippen molar-refractivity contribution in [2.75, 3.05) is 5.43 Å². The van der Waals surface area contributed by atoms with Crippen LogP contribution < -0.4 is 11.3 Å². The molecule has 0 aromatic heterocycles. The molecule has 72 valence electrons. The fraction of sp³-hybridized carbons (Fsp3) is 0.143. The maximum absolute atomic E-state index is 12.4. The van der Waals surface area contributed by atoms with E-state index in [2.05, 4.69) is 0 Å². The molecule has 0 aliphatic heterocycles. The van der Waals surface area contributed by atoms with Gasteiger partial charge in [-0.1, -0.05) is 0 Å². The Hall–Kier alpha value is -1.30. The van der Waals surface area contributed by atoms with E-state index in [1.807, 2.05) is 5.43 Å². The molecule has 0 amide bonds. The average Bonchev–Trinajstić information content (AvgIpc) is 2.03. The van der Waals surface area contributed by atoms with Crippen LogP contribution in [0.4, 0.5) is 23.2 Å². The van der Waals surface area contributed by atoms with Crippen LogP contribution in [0.15, 0.2) is 18.2 Å². The molecule has 1 rings (SSSR count). The molecule has 0 bridgehead atoms. The van der Waals surface area contributed by atoms with Crippen molar-refractivity contribution < 1.29 is 17.6 Å². The zero-order valence-corrected chi connectivity index (χ0v) is 6.32. The molecule has 13 heavy (non-hydrogen) atoms. The molecule has 0 radical (unpaired) electrons. The SMILES string of the molecule is NNc1ccc(F)cc1C(F)(F)F. The first-order valence-electron chi connectivity index (χ1n) is 3.28. The van der Waals surface area contributed by atoms with Crippen molar-refractivity contribution in [2.24, 2.45) is 5.84 Å². The van der Waals surface area contributed by atoms with Crippen LogP contribution in [-0.2, 0) is 6.18 Å². The third-order valence-corrected chi connectivity index (χ3v) is 1.44. The van der Waals surface area contributed by atoms with E-state index >= 15 is 0 Å². The van der Waals surface area contributed by atoms with Crippen molar-refractivity contribution in [3.05, 3.63) is 29.6 Å². The van der Waals surface area contributed by atoms with Crippen LogP contribution in [0.1, 0.15) is 5.56 Å². The Kier molecular flexibility index (Phi) is 2.42. The lowest BCUT2D eigenvalue weighted by Crippen LogP contribution is -2.15. The van der Waals surface area contributed by atoms with Gasteiger partial charge in [-0.25, -0.2) is 4.39 Å². The Morgan fingerprint density at radius 2 is 1.85 bits per heavy atom. The second kappa shape index (κ2) is 3.21. The normalized spacial score (nSPS) is 11.5. The van der Waals surface area contributed by atoms with Gasteiger partial charge in [-0.15, -0.1) is 0 Å². The van der Waals surface area contributed by atoms with Gasteiger partial charge in [0.2, 0.25) is 0 Å². The standard InChI is InChI=1S/C7H6F4N2/c8-4-1-2-6(13-12)5(3-4)7(9,10)11/h1-3,13H,12H2. The monoisotopic (exact) mass is 194 g/mol. The summed E-state index contributed by atoms with van der Waals surface area (Å²) in [6.07, 6.45) is -4.61. The molecule has 0 saturated heterocycles. The molecule has 0 saturated carbocycles. The van der Waals surface area contributed by atoms with Gasteiger partial charge in [-0.2, -0.15) is 13.2 Å². The highest BCUT2D eigenvalue weighted by Gasteiger charge is 2.33. The van der Waals surface area contributed by atoms with Crippen LogP contribution in [-0.4, -0.2) is 0 Å². The molecule has 6 heteroatoms. The molecule has 1 aromatic carbocycles. The summed E-state index contributed by atoms with van der Waals surface area (Å²) in [5, 5.41) is 0. The maximum Gasteiger partial charge on any atom is 0.418 e. The van der Waals surface area contributed by atoms with E-state index in [1.54, 1.807) is 0 Å². The van der Waals surface area contributed by atoms with Gasteiger partial charge in [0.05, 0.1) is 11.3 Å². The smallest absolute Gasteiger partial charge is 0.324 e. The van der Waals surface area contributed by atoms with Gasteiger partial charge in [0.25, 0.3) is 0 Å². The van der Waals surface area contributed by atoms with E-state index < -0.39 is 17.6 Å². The van der Waals surface area contributed by atoms with Gasteiger partial charge >= 0.3 is 6.18 Å². The largest absolute Gasteiger partial charge is 0.418 e. The highest BCUT2D eigenvalue weighted by atomic mass is 19.4. The highest BCUT2D eigenvalue weighted by Crippen LogP contribution is 2.34. The fourth-order valence-corrected chi connectivity index (χ4v) is 0.877. The molecule has 0 unspecified atom stereocenters. The molecule has 1 aromatic rings. The Bertz CT molecular complexity index is 308. The predicted molar refractivity (Wildman–Crippen MR) is 39.2 cm³/mol. The maximum atomic E-state index is 12.4. The van der Waals surface area contributed by atoms with Gasteiger partial charge in [0.1, 0.15) is 5.82 Å². The topological polar surface area (TPSA) is 38.0 Å². The average molecular weight is 194 g/mol. The van der Waals surface area contributed by atoms with E-state index in [0.29, 0.717) is 6.07 Å². The first-order chi connectivity index (χ1) is 5.95. The summed E-state index contributed by atoms with van der Waals surface area (Å²) < 4.78 is 48.9. The van der Waals surface area contributed by atoms with Gasteiger partial charge in [0.15, 0.2) is 0 Å². The summed E-state index contributed by atoms with van der Waals surface area (Å²) in [6, 6.07) is 2.21. The van der Waals surface area contributed by atoms with E-state index in [1.165, 1.54) is 0 Å². The van der Waals surface area contributed by atoms with Crippen LogP contribution in [0.3, 0.4) is 0 Å². The van der Waals surface area contributed by atoms with E-state index in [4.69, 9.17) is 5.84 Å². The Morgan fingerprint density at radius 3 is 2.31 bits per heavy atom. The third-order valence-electron chi connectivity index (χ3n) is 1.44. The van der Waals surface area contributed by atoms with Crippen molar-refractivity contribution >= 4 is 5.69 Å². The Balaban J connectivity index is 3.24. The van der Waals surface area contributed by atoms with Crippen LogP contribution in [0.25, 0.3) is 0 Å². The molecule has 2 nitrogen and oxygen atoms in total. The van der Waals surface area contributed by atoms with Crippen molar-refractivity contribution in [2.45, 2.75) is 6.18 Å². The summed E-state index contributed by atoms with van der Waals surface area (Å²) in [6.45, 7) is 0. The van der Waals surface area contributed by atoms with Gasteiger partial charge in [0, 0.05) is 0 Å². The number of nitrogens with one attached hydrogen (secondary N) is 1. The van der Waals surface area contributed by atoms with Crippen molar-refractivity contribution in [3.63, 3.8) is 0 Å². The summed E-state index contributed by atoms with van der Waals surface area (Å²) in [5.74, 6) is 3.87. The minimum absolute atomic E-state index is 0.353. The predicted octanol–water partition coefficient (Wildman–Crippen LogP) is 2.13. The van der Waals surface area contributed by atoms with Gasteiger partial charge in [-0.05, 0) is 18.2 Å². The Labute approximate surface area is 71.3 Å². The number of hydrogen-bond acceptors (Lipinski definition) is 2. The van der Waals surface area contributed by atoms with Crippen LogP contribution in [0, 0.1) is 5.82 Å². The van der Waals surface area contributed by atoms with E-state index in [0.717, 1.165) is 12.1 Å². The molecular formula is C7H6F4N2. The summed E-state index contributed by atoms with van der Waals surface area (Å²) in [5.41, 5.74) is 0.374. The number of alkyl halides is 3. The zero-order chi connectivity index (χ0) is 10.1.